The third-order valence-electron chi connectivity index (χ3n) is 24.5. The van der Waals surface area contributed by atoms with Crippen LogP contribution in [0, 0.1) is 5.92 Å². The molecule has 8 heterocycles. The number of nitrogens with two attached hydrogens (primary N) is 2. The van der Waals surface area contributed by atoms with E-state index in [-0.39, 0.29) is 86.7 Å². The van der Waals surface area contributed by atoms with Gasteiger partial charge in [-0.1, -0.05) is 117 Å². The largest absolute Gasteiger partial charge is 0.508 e. The van der Waals surface area contributed by atoms with E-state index in [4.69, 9.17) is 72.6 Å². The fourth-order valence-electron chi connectivity index (χ4n) is 17.2. The van der Waals surface area contributed by atoms with Gasteiger partial charge in [0.05, 0.1) is 23.3 Å². The fraction of sp³-hybridized carbons (Fsp3) is 0.412. The van der Waals surface area contributed by atoms with Gasteiger partial charge in [0, 0.05) is 49.1 Å². The summed E-state index contributed by atoms with van der Waals surface area (Å²) in [4.78, 5) is 143. The zero-order valence-electron chi connectivity index (χ0n) is 75.6. The van der Waals surface area contributed by atoms with E-state index in [1.54, 1.807) is 30.3 Å². The van der Waals surface area contributed by atoms with Gasteiger partial charge < -0.3 is 158 Å². The monoisotopic (exact) mass is 1960 g/mol. The molecule has 40 nitrogen and oxygen atoms in total. The number of aromatic hydroxyl groups is 4. The van der Waals surface area contributed by atoms with E-state index in [0.29, 0.717) is 69.9 Å². The number of carbonyl (C=O) groups is 9. The van der Waals surface area contributed by atoms with Crippen molar-refractivity contribution < 1.29 is 137 Å². The summed E-state index contributed by atoms with van der Waals surface area (Å²) in [5.41, 5.74) is 10.1. The number of carbonyl (C=O) groups excluding carboxylic acids is 9. The van der Waals surface area contributed by atoms with Crippen LogP contribution in [-0.4, -0.2) is 240 Å². The number of phenolic OH excluding ortho intramolecular Hbond substituents is 4. The van der Waals surface area contributed by atoms with Crippen LogP contribution in [0.5, 0.6) is 69.0 Å². The van der Waals surface area contributed by atoms with Crippen LogP contribution in [0.1, 0.15) is 146 Å². The van der Waals surface area contributed by atoms with Gasteiger partial charge in [-0.15, -0.1) is 0 Å². The Labute approximate surface area is 807 Å². The van der Waals surface area contributed by atoms with Gasteiger partial charge in [0.1, 0.15) is 138 Å². The Morgan fingerprint density at radius 2 is 1.07 bits per heavy atom. The quantitative estimate of drug-likeness (QED) is 0.0288. The Kier molecular flexibility index (Phi) is 33.9. The second-order valence-electron chi connectivity index (χ2n) is 35.1. The van der Waals surface area contributed by atoms with Crippen LogP contribution < -0.4 is 83.0 Å². The lowest BCUT2D eigenvalue weighted by Crippen LogP contribution is -2.65. The standard InChI is InChI=1S/C97H112Cl2N12O28/c1-47(2)13-6-3-4-9-16-74(118)105-81-84(121)82(119)72(44-112)137-95(81)139-87-70-39-54-40-71(87)135-67-24-18-50(32-61(67)99)34-63-89(125)109-80(90(126)102-27-12-30-111(28-10-25-100)29-11-26-101)59-42-56(115)43-69(136-96-86(123)85(122)83(120)73(45-113)138-96)75(59)58-37-51(19-21-64(58)116)76(91(127)103-63)107-94(130)79(54)108-93(129)78-53-35-55(114)41-57(36-53)133-68-38-52(20-22-65(68)117)77(110-97(131)132-46-48-14-7-5-8-15-48)92(128)104-62(88(124)106-78)33-49-17-23-66(134-70)60(98)31-49/h5,7-8,14-15,17-24,31-32,35-43,47,62-63,72-73,76-86,95-96,112-117,119-123H,3-4,6,9-13,16,25-30,33-34,44-46,100-101H2,1-2H3,(H,102,126)(H,103,127)(H,104,128)(H,105,118)(H,106,124)(H,107,130)(H,108,129)(H,109,125)(H,110,131)/t62-,63+,72-,73-,76-,77-,78+,79-,80+,81-,82-,83-,84-,85+,86+,95+,96+/m1/s1. The first-order chi connectivity index (χ1) is 66.7. The van der Waals surface area contributed by atoms with Gasteiger partial charge in [-0.3, -0.25) is 38.4 Å². The predicted octanol–water partition coefficient (Wildman–Crippen LogP) is 4.95. The average molecular weight is 1960 g/mol. The van der Waals surface area contributed by atoms with Crippen LogP contribution in [0.2, 0.25) is 10.0 Å². The number of nitrogens with one attached hydrogen (secondary N) is 9. The highest BCUT2D eigenvalue weighted by atomic mass is 35.5. The van der Waals surface area contributed by atoms with Crippen molar-refractivity contribution in [3.63, 3.8) is 0 Å². The minimum Gasteiger partial charge on any atom is -0.508 e. The van der Waals surface area contributed by atoms with Crippen molar-refractivity contribution in [3.05, 3.63) is 200 Å². The molecule has 2 fully saturated rings. The van der Waals surface area contributed by atoms with E-state index >= 15 is 33.6 Å². The number of unbranched alkanes of at least 4 members (excludes halogenated alkanes) is 3. The molecule has 17 atom stereocenters. The summed E-state index contributed by atoms with van der Waals surface area (Å²) in [6, 6.07) is 14.6. The van der Waals surface area contributed by atoms with E-state index in [9.17, 15) is 65.8 Å². The van der Waals surface area contributed by atoms with Gasteiger partial charge >= 0.3 is 6.09 Å². The highest BCUT2D eigenvalue weighted by molar-refractivity contribution is 6.32. The fourth-order valence-corrected chi connectivity index (χ4v) is 17.7. The molecule has 742 valence electrons. The molecule has 8 aromatic rings. The number of aliphatic hydroxyl groups is 7. The molecular formula is C97H112Cl2N12O28. The number of hydrogen-bond donors (Lipinski definition) is 22. The molecule has 9 amide bonds. The molecule has 0 saturated carbocycles. The van der Waals surface area contributed by atoms with Gasteiger partial charge in [-0.2, -0.15) is 0 Å². The Bertz CT molecular complexity index is 5800. The number of amides is 9. The number of rotatable bonds is 28. The van der Waals surface area contributed by atoms with E-state index < -0.39 is 251 Å². The number of benzene rings is 8. The number of fused-ring (bicyclic) bond motifs is 14. The highest BCUT2D eigenvalue weighted by Crippen LogP contribution is 2.51. The van der Waals surface area contributed by atoms with Crippen molar-refractivity contribution in [2.75, 3.05) is 52.5 Å². The molecule has 0 radical (unpaired) electrons. The molecule has 24 N–H and O–H groups in total. The molecular weight excluding hydrogens is 1850 g/mol. The summed E-state index contributed by atoms with van der Waals surface area (Å²) in [5.74, 6) is -15.1. The molecule has 0 aromatic heterocycles. The van der Waals surface area contributed by atoms with Gasteiger partial charge in [-0.05, 0) is 188 Å². The maximum absolute atomic E-state index is 17.0. The Balaban J connectivity index is 0.969. The van der Waals surface area contributed by atoms with Crippen molar-refractivity contribution >= 4 is 76.6 Å². The number of hydrogen-bond acceptors (Lipinski definition) is 31. The number of halogens is 2. The maximum Gasteiger partial charge on any atom is 0.408 e. The van der Waals surface area contributed by atoms with Gasteiger partial charge in [0.2, 0.25) is 65.6 Å². The Morgan fingerprint density at radius 1 is 0.511 bits per heavy atom. The van der Waals surface area contributed by atoms with Crippen LogP contribution in [0.15, 0.2) is 146 Å². The number of ether oxygens (including phenoxy) is 8. The molecule has 2 saturated heterocycles. The smallest absolute Gasteiger partial charge is 0.408 e. The second kappa shape index (κ2) is 46.2. The lowest BCUT2D eigenvalue weighted by atomic mass is 9.89. The molecule has 16 rings (SSSR count). The summed E-state index contributed by atoms with van der Waals surface area (Å²) in [6.45, 7) is 4.23. The molecule has 8 aromatic carbocycles. The van der Waals surface area contributed by atoms with Crippen LogP contribution >= 0.6 is 23.2 Å². The number of phenols is 4. The van der Waals surface area contributed by atoms with Gasteiger partial charge in [0.25, 0.3) is 0 Å². The topological polar surface area (TPSA) is 614 Å². The van der Waals surface area contributed by atoms with Gasteiger partial charge in [0.15, 0.2) is 23.0 Å². The first kappa shape index (κ1) is 102. The Hall–Kier alpha value is -12.9. The Morgan fingerprint density at radius 3 is 1.71 bits per heavy atom. The van der Waals surface area contributed by atoms with Crippen LogP contribution in [-0.2, 0) is 72.0 Å². The zero-order chi connectivity index (χ0) is 99.2. The first-order valence-electron chi connectivity index (χ1n) is 45.6. The maximum atomic E-state index is 17.0. The third-order valence-corrected chi connectivity index (χ3v) is 25.1. The summed E-state index contributed by atoms with van der Waals surface area (Å²) in [7, 11) is 0. The molecule has 8 aliphatic heterocycles. The summed E-state index contributed by atoms with van der Waals surface area (Å²) in [6.07, 6.45) is -14.6. The van der Waals surface area contributed by atoms with E-state index in [1.807, 2.05) is 0 Å². The normalized spacial score (nSPS) is 24.1. The molecule has 0 unspecified atom stereocenters. The van der Waals surface area contributed by atoms with Crippen molar-refractivity contribution in [2.45, 2.75) is 195 Å². The van der Waals surface area contributed by atoms with Crippen molar-refractivity contribution in [2.24, 2.45) is 17.4 Å². The average Bonchev–Trinajstić information content (AvgIpc) is 0.753. The van der Waals surface area contributed by atoms with Crippen molar-refractivity contribution in [1.29, 1.82) is 0 Å². The minimum absolute atomic E-state index is 0.0673. The molecule has 8 aliphatic rings. The SMILES string of the molecule is CC(C)CCCCCCC(=O)N[C@H]1[C@H](Oc2c3cc4cc2Oc2ccc(cc2Cl)C[C@H]2NC(=O)[C@H](NC(=O)OCc5ccccc5)c5ccc(O)c(c5)Oc5cc(O)cc(c5)[C@H](NC2=O)C(=O)N[C@H]4C(=O)N[C@H]2C(=O)N[C@@H](Cc4ccc(c(Cl)c4)O3)C(=O)N[C@H](C(=O)NCCCN(CCCN)CCCN)c3cc(O)cc(O[C@H]4O[C@H](CO)[C@@H](O)[C@H](O)[C@@H]4O)c3-c3cc2ccc3O)O[C@H](CO)[C@@H](O)[C@@H]1O. The number of alkyl carbamates (subject to hydrolysis) is 1. The summed E-state index contributed by atoms with van der Waals surface area (Å²) in [5, 5.41) is 151. The van der Waals surface area contributed by atoms with Crippen LogP contribution in [0.25, 0.3) is 11.1 Å². The molecule has 17 bridgehead atoms. The zero-order valence-corrected chi connectivity index (χ0v) is 77.1. The first-order valence-corrected chi connectivity index (χ1v) is 46.4. The molecule has 0 spiro atoms. The predicted molar refractivity (Wildman–Crippen MR) is 497 cm³/mol. The summed E-state index contributed by atoms with van der Waals surface area (Å²) >= 11 is 14.7. The van der Waals surface area contributed by atoms with E-state index in [0.717, 1.165) is 86.0 Å². The van der Waals surface area contributed by atoms with E-state index in [2.05, 4.69) is 66.6 Å². The lowest BCUT2D eigenvalue weighted by Gasteiger charge is -2.42. The van der Waals surface area contributed by atoms with Crippen LogP contribution in [0.4, 0.5) is 4.79 Å². The lowest BCUT2D eigenvalue weighted by molar-refractivity contribution is -0.277. The van der Waals surface area contributed by atoms with Gasteiger partial charge in [-0.25, -0.2) is 4.79 Å². The molecule has 139 heavy (non-hydrogen) atoms. The third kappa shape index (κ3) is 24.9. The van der Waals surface area contributed by atoms with E-state index in [1.165, 1.54) is 48.5 Å². The molecule has 42 heteroatoms. The van der Waals surface area contributed by atoms with Crippen molar-refractivity contribution in [1.82, 2.24) is 52.8 Å². The minimum atomic E-state index is -2.41. The highest BCUT2D eigenvalue weighted by Gasteiger charge is 2.50. The van der Waals surface area contributed by atoms with Crippen molar-refractivity contribution in [3.8, 4) is 80.1 Å². The number of nitrogens with zero attached hydrogens (tertiary/aromatic N) is 1. The van der Waals surface area contributed by atoms with Crippen LogP contribution in [0.3, 0.4) is 0 Å². The number of aliphatic hydroxyl groups excluding tert-OH is 7. The second-order valence-corrected chi connectivity index (χ2v) is 36.0. The summed E-state index contributed by atoms with van der Waals surface area (Å²) < 4.78 is 50.9. The molecule has 0 aliphatic carbocycles.